The zero-order chi connectivity index (χ0) is 11.5. The van der Waals surface area contributed by atoms with Crippen molar-refractivity contribution in [3.8, 4) is 11.1 Å². The number of hydrogen-bond donors (Lipinski definition) is 1. The van der Waals surface area contributed by atoms with Crippen LogP contribution < -0.4 is 0 Å². The lowest BCUT2D eigenvalue weighted by Gasteiger charge is -2.03. The molecule has 0 spiro atoms. The summed E-state index contributed by atoms with van der Waals surface area (Å²) < 4.78 is 0. The third-order valence-corrected chi connectivity index (χ3v) is 2.36. The van der Waals surface area contributed by atoms with Crippen LogP contribution in [0, 0.1) is 0 Å². The van der Waals surface area contributed by atoms with E-state index in [2.05, 4.69) is 4.98 Å². The molecule has 0 amide bonds. The molecule has 0 saturated carbocycles. The summed E-state index contributed by atoms with van der Waals surface area (Å²) in [4.78, 5) is 14.8. The van der Waals surface area contributed by atoms with Crippen molar-refractivity contribution in [1.29, 1.82) is 0 Å². The smallest absolute Gasteiger partial charge is 0.335 e. The molecule has 0 saturated heterocycles. The molecule has 0 aliphatic carbocycles. The van der Waals surface area contributed by atoms with E-state index in [-0.39, 0.29) is 5.56 Å². The average Bonchev–Trinajstić information content (AvgIpc) is 2.29. The average molecular weight is 234 g/mol. The quantitative estimate of drug-likeness (QED) is 0.867. The first-order valence-electron chi connectivity index (χ1n) is 4.61. The second-order valence-electron chi connectivity index (χ2n) is 3.28. The van der Waals surface area contributed by atoms with Gasteiger partial charge in [0.05, 0.1) is 5.56 Å². The number of carboxylic acids is 1. The molecule has 1 aromatic carbocycles. The normalized spacial score (nSPS) is 10.1. The van der Waals surface area contributed by atoms with E-state index in [4.69, 9.17) is 16.7 Å². The van der Waals surface area contributed by atoms with Crippen LogP contribution in [0.4, 0.5) is 0 Å². The van der Waals surface area contributed by atoms with Crippen molar-refractivity contribution >= 4 is 17.6 Å². The lowest BCUT2D eigenvalue weighted by molar-refractivity contribution is 0.0697. The highest BCUT2D eigenvalue weighted by Gasteiger charge is 2.07. The first kappa shape index (κ1) is 10.6. The minimum Gasteiger partial charge on any atom is -0.478 e. The fraction of sp³-hybridized carbons (Fsp3) is 0. The van der Waals surface area contributed by atoms with Gasteiger partial charge >= 0.3 is 5.97 Å². The second kappa shape index (κ2) is 4.33. The fourth-order valence-electron chi connectivity index (χ4n) is 1.41. The van der Waals surface area contributed by atoms with Gasteiger partial charge in [0.15, 0.2) is 0 Å². The Morgan fingerprint density at radius 2 is 2.06 bits per heavy atom. The maximum atomic E-state index is 10.9. The van der Waals surface area contributed by atoms with Crippen molar-refractivity contribution in [3.05, 3.63) is 53.3 Å². The lowest BCUT2D eigenvalue weighted by atomic mass is 10.0. The van der Waals surface area contributed by atoms with Gasteiger partial charge in [-0.1, -0.05) is 17.7 Å². The van der Waals surface area contributed by atoms with Gasteiger partial charge in [0.2, 0.25) is 0 Å². The van der Waals surface area contributed by atoms with Crippen molar-refractivity contribution in [2.75, 3.05) is 0 Å². The molecule has 2 rings (SSSR count). The summed E-state index contributed by atoms with van der Waals surface area (Å²) in [7, 11) is 0. The third-order valence-electron chi connectivity index (χ3n) is 2.14. The highest BCUT2D eigenvalue weighted by molar-refractivity contribution is 6.31. The zero-order valence-corrected chi connectivity index (χ0v) is 8.98. The Hall–Kier alpha value is -1.87. The van der Waals surface area contributed by atoms with Crippen molar-refractivity contribution in [1.82, 2.24) is 4.98 Å². The predicted molar refractivity (Wildman–Crippen MR) is 61.6 cm³/mol. The highest BCUT2D eigenvalue weighted by atomic mass is 35.5. The molecule has 1 aromatic heterocycles. The van der Waals surface area contributed by atoms with E-state index < -0.39 is 5.97 Å². The summed E-state index contributed by atoms with van der Waals surface area (Å²) in [5.74, 6) is -0.993. The number of aromatic carboxylic acids is 1. The molecule has 2 aromatic rings. The molecular weight excluding hydrogens is 226 g/mol. The first-order valence-corrected chi connectivity index (χ1v) is 4.99. The van der Waals surface area contributed by atoms with E-state index in [1.165, 1.54) is 6.07 Å². The van der Waals surface area contributed by atoms with Crippen LogP contribution >= 0.6 is 11.6 Å². The van der Waals surface area contributed by atoms with Crippen LogP contribution in [-0.2, 0) is 0 Å². The highest BCUT2D eigenvalue weighted by Crippen LogP contribution is 2.24. The molecule has 1 heterocycles. The van der Waals surface area contributed by atoms with Crippen LogP contribution in [0.1, 0.15) is 10.4 Å². The SMILES string of the molecule is O=C(O)c1cc(Cl)cc(-c2cccnc2)c1. The topological polar surface area (TPSA) is 50.2 Å². The summed E-state index contributed by atoms with van der Waals surface area (Å²) in [6.45, 7) is 0. The van der Waals surface area contributed by atoms with E-state index in [0.29, 0.717) is 5.02 Å². The van der Waals surface area contributed by atoms with Crippen LogP contribution in [0.2, 0.25) is 5.02 Å². The standard InChI is InChI=1S/C12H8ClNO2/c13-11-5-9(4-10(6-11)12(15)16)8-2-1-3-14-7-8/h1-7H,(H,15,16). The Morgan fingerprint density at radius 1 is 1.25 bits per heavy atom. The van der Waals surface area contributed by atoms with Gasteiger partial charge in [-0.05, 0) is 29.8 Å². The van der Waals surface area contributed by atoms with Crippen molar-refractivity contribution < 1.29 is 9.90 Å². The number of carbonyl (C=O) groups is 1. The summed E-state index contributed by atoms with van der Waals surface area (Å²) in [5, 5.41) is 9.31. The van der Waals surface area contributed by atoms with Crippen LogP contribution in [0.25, 0.3) is 11.1 Å². The fourth-order valence-corrected chi connectivity index (χ4v) is 1.65. The Kier molecular flexibility index (Phi) is 2.88. The van der Waals surface area contributed by atoms with Gasteiger partial charge < -0.3 is 5.11 Å². The van der Waals surface area contributed by atoms with E-state index in [1.54, 1.807) is 30.6 Å². The van der Waals surface area contributed by atoms with Crippen molar-refractivity contribution in [3.63, 3.8) is 0 Å². The van der Waals surface area contributed by atoms with Gasteiger partial charge in [0.1, 0.15) is 0 Å². The van der Waals surface area contributed by atoms with Gasteiger partial charge in [0.25, 0.3) is 0 Å². The third kappa shape index (κ3) is 2.20. The number of benzene rings is 1. The van der Waals surface area contributed by atoms with E-state index >= 15 is 0 Å². The maximum Gasteiger partial charge on any atom is 0.335 e. The maximum absolute atomic E-state index is 10.9. The van der Waals surface area contributed by atoms with Crippen LogP contribution in [0.15, 0.2) is 42.7 Å². The van der Waals surface area contributed by atoms with E-state index in [0.717, 1.165) is 11.1 Å². The number of halogens is 1. The molecule has 80 valence electrons. The number of rotatable bonds is 2. The molecule has 0 aliphatic rings. The molecular formula is C12H8ClNO2. The van der Waals surface area contributed by atoms with Gasteiger partial charge in [0, 0.05) is 23.0 Å². The van der Waals surface area contributed by atoms with Crippen LogP contribution in [0.3, 0.4) is 0 Å². The van der Waals surface area contributed by atoms with E-state index in [9.17, 15) is 4.79 Å². The summed E-state index contributed by atoms with van der Waals surface area (Å²) in [6.07, 6.45) is 3.32. The number of pyridine rings is 1. The number of nitrogens with zero attached hydrogens (tertiary/aromatic N) is 1. The molecule has 3 nitrogen and oxygen atoms in total. The second-order valence-corrected chi connectivity index (χ2v) is 3.71. The van der Waals surface area contributed by atoms with Gasteiger partial charge in [-0.15, -0.1) is 0 Å². The molecule has 0 atom stereocenters. The Balaban J connectivity index is 2.54. The Morgan fingerprint density at radius 3 is 2.69 bits per heavy atom. The minimum absolute atomic E-state index is 0.173. The molecule has 4 heteroatoms. The van der Waals surface area contributed by atoms with Crippen LogP contribution in [0.5, 0.6) is 0 Å². The first-order chi connectivity index (χ1) is 7.66. The molecule has 0 bridgehead atoms. The molecule has 1 N–H and O–H groups in total. The molecule has 16 heavy (non-hydrogen) atoms. The van der Waals surface area contributed by atoms with Crippen molar-refractivity contribution in [2.24, 2.45) is 0 Å². The molecule has 0 fully saturated rings. The van der Waals surface area contributed by atoms with E-state index in [1.807, 2.05) is 6.07 Å². The number of carboxylic acid groups (broad SMARTS) is 1. The summed E-state index contributed by atoms with van der Waals surface area (Å²) >= 11 is 5.86. The Bertz CT molecular complexity index is 526. The molecule has 0 aliphatic heterocycles. The number of hydrogen-bond acceptors (Lipinski definition) is 2. The molecule has 0 unspecified atom stereocenters. The van der Waals surface area contributed by atoms with Gasteiger partial charge in [-0.2, -0.15) is 0 Å². The van der Waals surface area contributed by atoms with Gasteiger partial charge in [-0.3, -0.25) is 4.98 Å². The zero-order valence-electron chi connectivity index (χ0n) is 8.22. The number of aromatic nitrogens is 1. The molecule has 0 radical (unpaired) electrons. The summed E-state index contributed by atoms with van der Waals surface area (Å²) in [5.41, 5.74) is 1.76. The summed E-state index contributed by atoms with van der Waals surface area (Å²) in [6, 6.07) is 8.35. The van der Waals surface area contributed by atoms with Crippen LogP contribution in [-0.4, -0.2) is 16.1 Å². The predicted octanol–water partition coefficient (Wildman–Crippen LogP) is 3.10. The van der Waals surface area contributed by atoms with Crippen molar-refractivity contribution in [2.45, 2.75) is 0 Å². The Labute approximate surface area is 97.3 Å². The minimum atomic E-state index is -0.993. The lowest BCUT2D eigenvalue weighted by Crippen LogP contribution is -1.96. The largest absolute Gasteiger partial charge is 0.478 e. The monoisotopic (exact) mass is 233 g/mol. The van der Waals surface area contributed by atoms with Gasteiger partial charge in [-0.25, -0.2) is 4.79 Å².